The van der Waals surface area contributed by atoms with Crippen LogP contribution in [0.2, 0.25) is 0 Å². The number of amides is 2. The zero-order chi connectivity index (χ0) is 30.9. The molecule has 1 aliphatic carbocycles. The molecule has 0 spiro atoms. The van der Waals surface area contributed by atoms with Gasteiger partial charge in [-0.2, -0.15) is 0 Å². The van der Waals surface area contributed by atoms with Gasteiger partial charge in [-0.3, -0.25) is 13.9 Å². The van der Waals surface area contributed by atoms with Crippen molar-refractivity contribution in [2.45, 2.75) is 55.6 Å². The summed E-state index contributed by atoms with van der Waals surface area (Å²) in [7, 11) is -4.15. The van der Waals surface area contributed by atoms with Gasteiger partial charge in [0, 0.05) is 19.0 Å². The number of rotatable bonds is 12. The van der Waals surface area contributed by atoms with Gasteiger partial charge in [0.05, 0.1) is 10.6 Å². The van der Waals surface area contributed by atoms with Crippen LogP contribution in [0, 0.1) is 5.82 Å². The fourth-order valence-corrected chi connectivity index (χ4v) is 6.99. The van der Waals surface area contributed by atoms with E-state index >= 15 is 0 Å². The first-order valence-electron chi connectivity index (χ1n) is 14.8. The maximum atomic E-state index is 14.4. The van der Waals surface area contributed by atoms with Gasteiger partial charge in [-0.1, -0.05) is 91.7 Å². The number of hydrogen-bond donors (Lipinski definition) is 1. The molecule has 1 atom stereocenters. The van der Waals surface area contributed by atoms with Crippen LogP contribution in [-0.4, -0.2) is 43.8 Å². The summed E-state index contributed by atoms with van der Waals surface area (Å²) in [5.41, 5.74) is 1.79. The van der Waals surface area contributed by atoms with E-state index in [0.717, 1.165) is 35.6 Å². The Kier molecular flexibility index (Phi) is 10.1. The third-order valence-corrected chi connectivity index (χ3v) is 9.68. The second-order valence-corrected chi connectivity index (χ2v) is 12.9. The third kappa shape index (κ3) is 7.71. The van der Waals surface area contributed by atoms with E-state index in [0.29, 0.717) is 11.3 Å². The van der Waals surface area contributed by atoms with Gasteiger partial charge < -0.3 is 10.2 Å². The van der Waals surface area contributed by atoms with Crippen LogP contribution >= 0.6 is 0 Å². The van der Waals surface area contributed by atoms with Crippen molar-refractivity contribution < 1.29 is 22.4 Å². The Morgan fingerprint density at radius 3 is 1.95 bits per heavy atom. The normalized spacial score (nSPS) is 14.1. The molecule has 1 aliphatic rings. The molecule has 9 heteroatoms. The molecule has 4 aromatic carbocycles. The fourth-order valence-electron chi connectivity index (χ4n) is 5.55. The van der Waals surface area contributed by atoms with Crippen LogP contribution in [0.15, 0.2) is 120 Å². The Morgan fingerprint density at radius 1 is 0.773 bits per heavy atom. The summed E-state index contributed by atoms with van der Waals surface area (Å²) in [6.45, 7) is -0.548. The maximum Gasteiger partial charge on any atom is 0.264 e. The molecule has 7 nitrogen and oxygen atoms in total. The summed E-state index contributed by atoms with van der Waals surface area (Å²) in [5, 5.41) is 3.15. The molecule has 2 amide bonds. The highest BCUT2D eigenvalue weighted by molar-refractivity contribution is 7.92. The van der Waals surface area contributed by atoms with Gasteiger partial charge in [-0.15, -0.1) is 0 Å². The van der Waals surface area contributed by atoms with E-state index in [1.807, 2.05) is 30.3 Å². The van der Waals surface area contributed by atoms with Gasteiger partial charge in [-0.25, -0.2) is 12.8 Å². The summed E-state index contributed by atoms with van der Waals surface area (Å²) in [6, 6.07) is 30.6. The Labute approximate surface area is 258 Å². The highest BCUT2D eigenvalue weighted by Crippen LogP contribution is 2.25. The number of sulfonamides is 1. The number of carbonyl (C=O) groups is 2. The van der Waals surface area contributed by atoms with Crippen LogP contribution in [-0.2, 0) is 32.6 Å². The fraction of sp³-hybridized carbons (Fsp3) is 0.257. The summed E-state index contributed by atoms with van der Waals surface area (Å²) in [5.74, 6) is -1.27. The first-order valence-corrected chi connectivity index (χ1v) is 16.3. The number of carbonyl (C=O) groups excluding carboxylic acids is 2. The Bertz CT molecular complexity index is 1630. The van der Waals surface area contributed by atoms with Gasteiger partial charge >= 0.3 is 0 Å². The van der Waals surface area contributed by atoms with Crippen molar-refractivity contribution in [3.63, 3.8) is 0 Å². The third-order valence-electron chi connectivity index (χ3n) is 7.89. The summed E-state index contributed by atoms with van der Waals surface area (Å²) in [4.78, 5) is 29.9. The average Bonchev–Trinajstić information content (AvgIpc) is 3.56. The Balaban J connectivity index is 1.54. The minimum absolute atomic E-state index is 0.0112. The standard InChI is InChI=1S/C35H36FN3O4S/c36-29-22-20-28(21-23-29)25-38(33(24-27-12-4-1-5-13-27)35(41)37-30-14-10-11-15-30)34(40)26-39(31-16-6-2-7-17-31)44(42,43)32-18-8-3-9-19-32/h1-9,12-13,16-23,30,33H,10-11,14-15,24-26H2,(H,37,41)/t33-/m1/s1. The average molecular weight is 614 g/mol. The van der Waals surface area contributed by atoms with Crippen LogP contribution in [0.5, 0.6) is 0 Å². The van der Waals surface area contributed by atoms with Crippen LogP contribution < -0.4 is 9.62 Å². The summed E-state index contributed by atoms with van der Waals surface area (Å²) in [6.07, 6.45) is 4.01. The molecule has 4 aromatic rings. The summed E-state index contributed by atoms with van der Waals surface area (Å²) >= 11 is 0. The number of hydrogen-bond acceptors (Lipinski definition) is 4. The molecule has 5 rings (SSSR count). The largest absolute Gasteiger partial charge is 0.352 e. The first kappa shape index (κ1) is 30.9. The molecule has 44 heavy (non-hydrogen) atoms. The molecule has 0 saturated heterocycles. The van der Waals surface area contributed by atoms with Crippen LogP contribution in [0.3, 0.4) is 0 Å². The van der Waals surface area contributed by atoms with E-state index in [2.05, 4.69) is 5.32 Å². The predicted molar refractivity (Wildman–Crippen MR) is 169 cm³/mol. The van der Waals surface area contributed by atoms with Crippen LogP contribution in [0.25, 0.3) is 0 Å². The zero-order valence-corrected chi connectivity index (χ0v) is 25.2. The molecule has 0 heterocycles. The van der Waals surface area contributed by atoms with E-state index < -0.39 is 34.3 Å². The molecule has 0 unspecified atom stereocenters. The van der Waals surface area contributed by atoms with E-state index in [1.54, 1.807) is 60.7 Å². The number of nitrogens with zero attached hydrogens (tertiary/aromatic N) is 2. The lowest BCUT2D eigenvalue weighted by molar-refractivity contribution is -0.140. The quantitative estimate of drug-likeness (QED) is 0.222. The monoisotopic (exact) mass is 613 g/mol. The molecule has 1 N–H and O–H groups in total. The second kappa shape index (κ2) is 14.3. The minimum Gasteiger partial charge on any atom is -0.352 e. The smallest absolute Gasteiger partial charge is 0.264 e. The van der Waals surface area contributed by atoms with E-state index in [9.17, 15) is 22.4 Å². The number of para-hydroxylation sites is 1. The van der Waals surface area contributed by atoms with Crippen molar-refractivity contribution in [2.24, 2.45) is 0 Å². The molecular weight excluding hydrogens is 577 g/mol. The lowest BCUT2D eigenvalue weighted by Crippen LogP contribution is -2.54. The van der Waals surface area contributed by atoms with Crippen molar-refractivity contribution in [3.05, 3.63) is 132 Å². The molecule has 1 saturated carbocycles. The van der Waals surface area contributed by atoms with Crippen LogP contribution in [0.1, 0.15) is 36.8 Å². The van der Waals surface area contributed by atoms with Crippen molar-refractivity contribution in [1.29, 1.82) is 0 Å². The Morgan fingerprint density at radius 2 is 1.34 bits per heavy atom. The number of halogens is 1. The predicted octanol–water partition coefficient (Wildman–Crippen LogP) is 5.72. The van der Waals surface area contributed by atoms with Crippen molar-refractivity contribution in [1.82, 2.24) is 10.2 Å². The summed E-state index contributed by atoms with van der Waals surface area (Å²) < 4.78 is 42.8. The van der Waals surface area contributed by atoms with Gasteiger partial charge in [0.2, 0.25) is 11.8 Å². The topological polar surface area (TPSA) is 86.8 Å². The second-order valence-electron chi connectivity index (χ2n) is 11.0. The molecule has 228 valence electrons. The van der Waals surface area contributed by atoms with Gasteiger partial charge in [0.1, 0.15) is 18.4 Å². The lowest BCUT2D eigenvalue weighted by Gasteiger charge is -2.34. The molecule has 0 bridgehead atoms. The Hall–Kier alpha value is -4.50. The zero-order valence-electron chi connectivity index (χ0n) is 24.4. The van der Waals surface area contributed by atoms with Crippen molar-refractivity contribution >= 4 is 27.5 Å². The van der Waals surface area contributed by atoms with E-state index in [-0.39, 0.29) is 29.8 Å². The molecular formula is C35H36FN3O4S. The maximum absolute atomic E-state index is 14.4. The minimum atomic E-state index is -4.15. The van der Waals surface area contributed by atoms with Gasteiger partial charge in [0.25, 0.3) is 10.0 Å². The molecule has 0 aromatic heterocycles. The SMILES string of the molecule is O=C(NC1CCCC1)[C@@H](Cc1ccccc1)N(Cc1ccc(F)cc1)C(=O)CN(c1ccccc1)S(=O)(=O)c1ccccc1. The first-order chi connectivity index (χ1) is 21.3. The number of anilines is 1. The van der Waals surface area contributed by atoms with E-state index in [4.69, 9.17) is 0 Å². The molecule has 0 radical (unpaired) electrons. The van der Waals surface area contributed by atoms with Crippen molar-refractivity contribution in [2.75, 3.05) is 10.8 Å². The number of benzene rings is 4. The van der Waals surface area contributed by atoms with E-state index in [1.165, 1.54) is 29.2 Å². The highest BCUT2D eigenvalue weighted by atomic mass is 32.2. The van der Waals surface area contributed by atoms with Crippen LogP contribution in [0.4, 0.5) is 10.1 Å². The number of nitrogens with one attached hydrogen (secondary N) is 1. The highest BCUT2D eigenvalue weighted by Gasteiger charge is 2.35. The lowest BCUT2D eigenvalue weighted by atomic mass is 10.0. The molecule has 1 fully saturated rings. The van der Waals surface area contributed by atoms with Gasteiger partial charge in [0.15, 0.2) is 0 Å². The molecule has 0 aliphatic heterocycles. The van der Waals surface area contributed by atoms with Gasteiger partial charge in [-0.05, 0) is 60.4 Å². The van der Waals surface area contributed by atoms with Crippen molar-refractivity contribution in [3.8, 4) is 0 Å².